The molecule has 0 bridgehead atoms. The molecule has 0 atom stereocenters. The summed E-state index contributed by atoms with van der Waals surface area (Å²) in [5.41, 5.74) is 0. The predicted molar refractivity (Wildman–Crippen MR) is 185 cm³/mol. The van der Waals surface area contributed by atoms with Gasteiger partial charge in [-0.05, 0) is 89.9 Å². The van der Waals surface area contributed by atoms with Crippen molar-refractivity contribution in [1.82, 2.24) is 0 Å². The molecule has 0 unspecified atom stereocenters. The van der Waals surface area contributed by atoms with Crippen molar-refractivity contribution in [3.8, 4) is 0 Å². The number of allylic oxidation sites excluding steroid dienone is 12. The van der Waals surface area contributed by atoms with E-state index in [2.05, 4.69) is 86.8 Å². The molecule has 0 aliphatic rings. The Hall–Kier alpha value is -2.29. The molecule has 0 fully saturated rings. The summed E-state index contributed by atoms with van der Waals surface area (Å²) in [5, 5.41) is 0. The molecule has 0 heterocycles. The van der Waals surface area contributed by atoms with Crippen molar-refractivity contribution in [3.63, 3.8) is 0 Å². The van der Waals surface area contributed by atoms with Gasteiger partial charge < -0.3 is 9.47 Å². The molecule has 0 amide bonds. The molecule has 0 aromatic heterocycles. The summed E-state index contributed by atoms with van der Waals surface area (Å²) in [7, 11) is 0. The van der Waals surface area contributed by atoms with Crippen LogP contribution in [0, 0.1) is 0 Å². The van der Waals surface area contributed by atoms with Crippen LogP contribution in [-0.4, -0.2) is 19.4 Å². The van der Waals surface area contributed by atoms with Crippen molar-refractivity contribution in [2.75, 3.05) is 13.2 Å². The quantitative estimate of drug-likeness (QED) is 0.0480. The summed E-state index contributed by atoms with van der Waals surface area (Å²) in [5.74, 6) is 0. The van der Waals surface area contributed by atoms with Crippen LogP contribution in [0.2, 0.25) is 0 Å². The molecule has 0 radical (unpaired) electrons. The lowest BCUT2D eigenvalue weighted by atomic mass is 10.1. The molecule has 240 valence electrons. The number of unbranched alkanes of at least 4 members (excludes halogenated alkanes) is 14. The highest BCUT2D eigenvalue weighted by Crippen LogP contribution is 2.09. The van der Waals surface area contributed by atoms with Crippen LogP contribution in [0.5, 0.6) is 0 Å². The van der Waals surface area contributed by atoms with E-state index in [1.165, 1.54) is 83.5 Å². The Labute approximate surface area is 261 Å². The Kier molecular flexibility index (Phi) is 34.7. The third kappa shape index (κ3) is 35.7. The minimum absolute atomic E-state index is 0.441. The van der Waals surface area contributed by atoms with E-state index in [0.717, 1.165) is 57.8 Å². The van der Waals surface area contributed by atoms with Gasteiger partial charge in [0.05, 0.1) is 13.2 Å². The van der Waals surface area contributed by atoms with Gasteiger partial charge in [0.25, 0.3) is 0 Å². The van der Waals surface area contributed by atoms with Crippen LogP contribution in [0.4, 0.5) is 4.79 Å². The second kappa shape index (κ2) is 36.7. The highest BCUT2D eigenvalue weighted by atomic mass is 16.7. The van der Waals surface area contributed by atoms with Crippen molar-refractivity contribution in [1.29, 1.82) is 0 Å². The van der Waals surface area contributed by atoms with E-state index in [1.807, 2.05) is 0 Å². The minimum Gasteiger partial charge on any atom is -0.434 e. The van der Waals surface area contributed by atoms with Gasteiger partial charge in [-0.1, -0.05) is 138 Å². The summed E-state index contributed by atoms with van der Waals surface area (Å²) < 4.78 is 10.4. The number of ether oxygens (including phenoxy) is 2. The molecule has 0 aromatic carbocycles. The van der Waals surface area contributed by atoms with Crippen LogP contribution in [0.15, 0.2) is 72.9 Å². The van der Waals surface area contributed by atoms with Crippen molar-refractivity contribution < 1.29 is 14.3 Å². The smallest absolute Gasteiger partial charge is 0.434 e. The minimum atomic E-state index is -0.518. The second-order valence-electron chi connectivity index (χ2n) is 11.1. The van der Waals surface area contributed by atoms with Crippen LogP contribution < -0.4 is 0 Å². The molecule has 42 heavy (non-hydrogen) atoms. The zero-order chi connectivity index (χ0) is 30.4. The molecule has 0 aliphatic carbocycles. The van der Waals surface area contributed by atoms with Crippen molar-refractivity contribution >= 4 is 6.16 Å². The van der Waals surface area contributed by atoms with Gasteiger partial charge in [-0.3, -0.25) is 0 Å². The van der Waals surface area contributed by atoms with Gasteiger partial charge in [-0.15, -0.1) is 0 Å². The highest BCUT2D eigenvalue weighted by molar-refractivity contribution is 5.59. The number of hydrogen-bond acceptors (Lipinski definition) is 3. The fourth-order valence-electron chi connectivity index (χ4n) is 4.37. The van der Waals surface area contributed by atoms with E-state index in [-0.39, 0.29) is 0 Å². The first-order valence-corrected chi connectivity index (χ1v) is 17.5. The topological polar surface area (TPSA) is 35.5 Å². The summed E-state index contributed by atoms with van der Waals surface area (Å²) >= 11 is 0. The Morgan fingerprint density at radius 2 is 0.667 bits per heavy atom. The molecule has 0 saturated carbocycles. The van der Waals surface area contributed by atoms with Gasteiger partial charge in [-0.2, -0.15) is 0 Å². The van der Waals surface area contributed by atoms with Gasteiger partial charge in [0.15, 0.2) is 0 Å². The molecule has 3 nitrogen and oxygen atoms in total. The van der Waals surface area contributed by atoms with Crippen molar-refractivity contribution in [3.05, 3.63) is 72.9 Å². The molecule has 0 spiro atoms. The molecular weight excluding hydrogens is 516 g/mol. The van der Waals surface area contributed by atoms with E-state index in [0.29, 0.717) is 13.2 Å². The van der Waals surface area contributed by atoms with E-state index in [1.54, 1.807) is 0 Å². The first-order valence-electron chi connectivity index (χ1n) is 17.5. The maximum Gasteiger partial charge on any atom is 0.508 e. The number of carbonyl (C=O) groups is 1. The molecule has 0 saturated heterocycles. The molecule has 0 rings (SSSR count). The average molecular weight is 583 g/mol. The number of hydrogen-bond donors (Lipinski definition) is 0. The highest BCUT2D eigenvalue weighted by Gasteiger charge is 2.02. The maximum absolute atomic E-state index is 11.7. The van der Waals surface area contributed by atoms with Gasteiger partial charge in [0, 0.05) is 0 Å². The van der Waals surface area contributed by atoms with Crippen LogP contribution in [-0.2, 0) is 9.47 Å². The Balaban J connectivity index is 3.38. The molecule has 0 aromatic rings. The SMILES string of the molecule is CCCCC/C=C\C/C=C\C/C=C\C/C=C\CCCCOC(=O)OCCCCCCCC/C=C\C/C=C\CCCCC. The van der Waals surface area contributed by atoms with Gasteiger partial charge >= 0.3 is 6.16 Å². The van der Waals surface area contributed by atoms with Gasteiger partial charge in [0.1, 0.15) is 0 Å². The lowest BCUT2D eigenvalue weighted by Crippen LogP contribution is -2.09. The standard InChI is InChI=1S/C39H66O3/c1-3-5-7-9-11-13-15-17-19-21-22-24-26-28-30-32-34-36-38-42-39(40)41-37-35-33-31-29-27-25-23-20-18-16-14-12-10-8-6-4-2/h11-14,17-20,22,24,28,30H,3-10,15-16,21,23,25-27,29,31-38H2,1-2H3/b13-11-,14-12-,19-17-,20-18-,24-22-,30-28-. The van der Waals surface area contributed by atoms with E-state index >= 15 is 0 Å². The monoisotopic (exact) mass is 583 g/mol. The average Bonchev–Trinajstić information content (AvgIpc) is 3.00. The van der Waals surface area contributed by atoms with E-state index in [9.17, 15) is 4.79 Å². The Morgan fingerprint density at radius 3 is 1.07 bits per heavy atom. The van der Waals surface area contributed by atoms with Gasteiger partial charge in [0.2, 0.25) is 0 Å². The van der Waals surface area contributed by atoms with Crippen LogP contribution in [0.1, 0.15) is 155 Å². The maximum atomic E-state index is 11.7. The zero-order valence-corrected chi connectivity index (χ0v) is 27.6. The summed E-state index contributed by atoms with van der Waals surface area (Å²) in [6.07, 6.45) is 52.2. The zero-order valence-electron chi connectivity index (χ0n) is 27.6. The fourth-order valence-corrected chi connectivity index (χ4v) is 4.37. The molecule has 0 N–H and O–H groups in total. The first-order chi connectivity index (χ1) is 20.8. The molecular formula is C39H66O3. The Morgan fingerprint density at radius 1 is 0.381 bits per heavy atom. The number of rotatable bonds is 30. The first kappa shape index (κ1) is 39.7. The van der Waals surface area contributed by atoms with Crippen LogP contribution >= 0.6 is 0 Å². The fraction of sp³-hybridized carbons (Fsp3) is 0.667. The third-order valence-electron chi connectivity index (χ3n) is 7.01. The summed E-state index contributed by atoms with van der Waals surface area (Å²) in [6, 6.07) is 0. The van der Waals surface area contributed by atoms with Crippen LogP contribution in [0.25, 0.3) is 0 Å². The predicted octanol–water partition coefficient (Wildman–Crippen LogP) is 13.1. The van der Waals surface area contributed by atoms with E-state index < -0.39 is 6.16 Å². The lowest BCUT2D eigenvalue weighted by molar-refractivity contribution is 0.0530. The lowest BCUT2D eigenvalue weighted by Gasteiger charge is -2.06. The summed E-state index contributed by atoms with van der Waals surface area (Å²) in [4.78, 5) is 11.7. The van der Waals surface area contributed by atoms with Crippen molar-refractivity contribution in [2.45, 2.75) is 155 Å². The molecule has 0 aliphatic heterocycles. The number of carbonyl (C=O) groups excluding carboxylic acids is 1. The second-order valence-corrected chi connectivity index (χ2v) is 11.1. The summed E-state index contributed by atoms with van der Waals surface area (Å²) in [6.45, 7) is 5.40. The van der Waals surface area contributed by atoms with Gasteiger partial charge in [-0.25, -0.2) is 4.79 Å². The van der Waals surface area contributed by atoms with E-state index in [4.69, 9.17) is 9.47 Å². The molecule has 3 heteroatoms. The Bertz CT molecular complexity index is 726. The largest absolute Gasteiger partial charge is 0.508 e. The van der Waals surface area contributed by atoms with Crippen molar-refractivity contribution in [2.24, 2.45) is 0 Å². The van der Waals surface area contributed by atoms with Crippen LogP contribution in [0.3, 0.4) is 0 Å². The third-order valence-corrected chi connectivity index (χ3v) is 7.01. The normalized spacial score (nSPS) is 12.4.